The number of halogens is 2. The van der Waals surface area contributed by atoms with Gasteiger partial charge in [-0.15, -0.1) is 0 Å². The summed E-state index contributed by atoms with van der Waals surface area (Å²) in [6.07, 6.45) is 4.14. The quantitative estimate of drug-likeness (QED) is 0.868. The Labute approximate surface area is 113 Å². The average Bonchev–Trinajstić information content (AvgIpc) is 3.13. The van der Waals surface area contributed by atoms with Gasteiger partial charge in [0.05, 0.1) is 0 Å². The van der Waals surface area contributed by atoms with Crippen LogP contribution in [0.2, 0.25) is 0 Å². The van der Waals surface area contributed by atoms with Gasteiger partial charge in [0.2, 0.25) is 0 Å². The van der Waals surface area contributed by atoms with E-state index in [0.717, 1.165) is 22.4 Å². The maximum absolute atomic E-state index is 3.62. The van der Waals surface area contributed by atoms with Gasteiger partial charge in [0.25, 0.3) is 0 Å². The maximum atomic E-state index is 3.62. The first-order valence-corrected chi connectivity index (χ1v) is 7.51. The molecule has 0 aromatic heterocycles. The zero-order valence-corrected chi connectivity index (χ0v) is 12.2. The molecule has 0 saturated heterocycles. The summed E-state index contributed by atoms with van der Waals surface area (Å²) in [6, 6.07) is 7.49. The van der Waals surface area contributed by atoms with Gasteiger partial charge >= 0.3 is 0 Å². The smallest absolute Gasteiger partial charge is 0.0320 e. The molecule has 1 N–H and O–H groups in total. The Bertz CT molecular complexity index is 401. The van der Waals surface area contributed by atoms with Crippen LogP contribution in [0.25, 0.3) is 0 Å². The van der Waals surface area contributed by atoms with Crippen molar-refractivity contribution in [1.29, 1.82) is 0 Å². The first-order valence-electron chi connectivity index (χ1n) is 5.92. The van der Waals surface area contributed by atoms with Gasteiger partial charge in [-0.1, -0.05) is 6.07 Å². The Morgan fingerprint density at radius 2 is 2.00 bits per heavy atom. The largest absolute Gasteiger partial charge is 0.314 e. The first-order chi connectivity index (χ1) is 7.74. The fourth-order valence-corrected chi connectivity index (χ4v) is 2.87. The molecular weight excluding hydrogens is 330 g/mol. The fraction of sp³-hybridized carbons (Fsp3) is 0.538. The van der Waals surface area contributed by atoms with E-state index in [1.54, 1.807) is 0 Å². The Hall–Kier alpha value is 0.140. The van der Waals surface area contributed by atoms with Crippen LogP contribution in [-0.2, 0) is 0 Å². The van der Waals surface area contributed by atoms with E-state index in [2.05, 4.69) is 55.4 Å². The van der Waals surface area contributed by atoms with Crippen LogP contribution in [0, 0.1) is 5.92 Å². The molecule has 0 aliphatic heterocycles. The van der Waals surface area contributed by atoms with Crippen LogP contribution < -0.4 is 5.32 Å². The molecule has 86 valence electrons. The molecule has 3 heteroatoms. The molecule has 1 aromatic carbocycles. The highest BCUT2D eigenvalue weighted by molar-refractivity contribution is 9.13. The lowest BCUT2D eigenvalue weighted by molar-refractivity contribution is 0.624. The van der Waals surface area contributed by atoms with Crippen molar-refractivity contribution >= 4 is 31.9 Å². The minimum atomic E-state index is 0.788. The highest BCUT2D eigenvalue weighted by Crippen LogP contribution is 2.48. The van der Waals surface area contributed by atoms with E-state index in [9.17, 15) is 0 Å². The van der Waals surface area contributed by atoms with Gasteiger partial charge in [-0.25, -0.2) is 0 Å². The zero-order valence-electron chi connectivity index (χ0n) is 9.05. The molecule has 2 fully saturated rings. The second-order valence-electron chi connectivity index (χ2n) is 4.96. The highest BCUT2D eigenvalue weighted by Gasteiger charge is 2.38. The molecular formula is C13H15Br2N. The predicted molar refractivity (Wildman–Crippen MR) is 73.7 cm³/mol. The van der Waals surface area contributed by atoms with Crippen LogP contribution in [0.3, 0.4) is 0 Å². The van der Waals surface area contributed by atoms with Crippen molar-refractivity contribution in [2.24, 2.45) is 5.92 Å². The molecule has 2 saturated carbocycles. The van der Waals surface area contributed by atoms with Gasteiger partial charge in [-0.2, -0.15) is 0 Å². The van der Waals surface area contributed by atoms with Crippen molar-refractivity contribution < 1.29 is 0 Å². The molecule has 2 aliphatic rings. The van der Waals surface area contributed by atoms with Crippen molar-refractivity contribution in [3.63, 3.8) is 0 Å². The van der Waals surface area contributed by atoms with Crippen molar-refractivity contribution in [3.05, 3.63) is 32.7 Å². The van der Waals surface area contributed by atoms with Crippen molar-refractivity contribution in [3.8, 4) is 0 Å². The minimum Gasteiger partial charge on any atom is -0.314 e. The Morgan fingerprint density at radius 3 is 2.69 bits per heavy atom. The van der Waals surface area contributed by atoms with E-state index in [0.29, 0.717) is 0 Å². The highest BCUT2D eigenvalue weighted by atomic mass is 79.9. The second kappa shape index (κ2) is 4.43. The van der Waals surface area contributed by atoms with Gasteiger partial charge < -0.3 is 5.32 Å². The third-order valence-electron chi connectivity index (χ3n) is 3.54. The summed E-state index contributed by atoms with van der Waals surface area (Å²) in [5.74, 6) is 1.66. The number of rotatable bonds is 4. The van der Waals surface area contributed by atoms with Gasteiger partial charge in [-0.05, 0) is 87.2 Å². The SMILES string of the molecule is Brc1ccc(C2CC2CNC2CC2)cc1Br. The summed E-state index contributed by atoms with van der Waals surface area (Å²) < 4.78 is 2.32. The van der Waals surface area contributed by atoms with Gasteiger partial charge in [0, 0.05) is 15.0 Å². The molecule has 0 radical (unpaired) electrons. The summed E-state index contributed by atoms with van der Waals surface area (Å²) in [6.45, 7) is 1.21. The van der Waals surface area contributed by atoms with Crippen LogP contribution in [0.1, 0.15) is 30.7 Å². The molecule has 0 bridgehead atoms. The van der Waals surface area contributed by atoms with E-state index in [1.165, 1.54) is 35.8 Å². The second-order valence-corrected chi connectivity index (χ2v) is 6.67. The summed E-state index contributed by atoms with van der Waals surface area (Å²) in [7, 11) is 0. The maximum Gasteiger partial charge on any atom is 0.0320 e. The lowest BCUT2D eigenvalue weighted by Crippen LogP contribution is -2.19. The zero-order chi connectivity index (χ0) is 11.1. The number of hydrogen-bond donors (Lipinski definition) is 1. The van der Waals surface area contributed by atoms with E-state index < -0.39 is 0 Å². The summed E-state index contributed by atoms with van der Waals surface area (Å²) in [4.78, 5) is 0. The third kappa shape index (κ3) is 2.52. The number of hydrogen-bond acceptors (Lipinski definition) is 1. The van der Waals surface area contributed by atoms with E-state index >= 15 is 0 Å². The molecule has 0 heterocycles. The standard InChI is InChI=1S/C13H15Br2N/c14-12-4-1-8(6-13(12)15)11-5-9(11)7-16-10-2-3-10/h1,4,6,9-11,16H,2-3,5,7H2. The minimum absolute atomic E-state index is 0.788. The molecule has 2 aliphatic carbocycles. The van der Waals surface area contributed by atoms with Crippen molar-refractivity contribution in [2.45, 2.75) is 31.2 Å². The molecule has 2 unspecified atom stereocenters. The van der Waals surface area contributed by atoms with Crippen LogP contribution >= 0.6 is 31.9 Å². The normalized spacial score (nSPS) is 28.1. The van der Waals surface area contributed by atoms with E-state index in [-0.39, 0.29) is 0 Å². The lowest BCUT2D eigenvalue weighted by Gasteiger charge is -2.04. The fourth-order valence-electron chi connectivity index (χ4n) is 2.23. The van der Waals surface area contributed by atoms with Crippen molar-refractivity contribution in [2.75, 3.05) is 6.54 Å². The van der Waals surface area contributed by atoms with Gasteiger partial charge in [0.1, 0.15) is 0 Å². The molecule has 1 nitrogen and oxygen atoms in total. The van der Waals surface area contributed by atoms with Crippen LogP contribution in [0.5, 0.6) is 0 Å². The van der Waals surface area contributed by atoms with Gasteiger partial charge in [-0.3, -0.25) is 0 Å². The number of nitrogens with one attached hydrogen (secondary N) is 1. The Kier molecular flexibility index (Phi) is 3.11. The molecule has 1 aromatic rings. The van der Waals surface area contributed by atoms with Crippen LogP contribution in [0.4, 0.5) is 0 Å². The van der Waals surface area contributed by atoms with Crippen LogP contribution in [0.15, 0.2) is 27.1 Å². The summed E-state index contributed by atoms with van der Waals surface area (Å²) >= 11 is 7.08. The van der Waals surface area contributed by atoms with E-state index in [4.69, 9.17) is 0 Å². The predicted octanol–water partition coefficient (Wildman–Crippen LogP) is 4.07. The third-order valence-corrected chi connectivity index (χ3v) is 5.42. The Balaban J connectivity index is 1.59. The first kappa shape index (κ1) is 11.2. The monoisotopic (exact) mass is 343 g/mol. The van der Waals surface area contributed by atoms with Gasteiger partial charge in [0.15, 0.2) is 0 Å². The molecule has 3 rings (SSSR count). The summed E-state index contributed by atoms with van der Waals surface area (Å²) in [5, 5.41) is 3.62. The van der Waals surface area contributed by atoms with Crippen LogP contribution in [-0.4, -0.2) is 12.6 Å². The Morgan fingerprint density at radius 1 is 1.19 bits per heavy atom. The summed E-state index contributed by atoms with van der Waals surface area (Å²) in [5.41, 5.74) is 1.48. The molecule has 0 spiro atoms. The van der Waals surface area contributed by atoms with E-state index in [1.807, 2.05) is 0 Å². The lowest BCUT2D eigenvalue weighted by atomic mass is 10.1. The van der Waals surface area contributed by atoms with Crippen molar-refractivity contribution in [1.82, 2.24) is 5.32 Å². The molecule has 16 heavy (non-hydrogen) atoms. The topological polar surface area (TPSA) is 12.0 Å². The molecule has 0 amide bonds. The average molecular weight is 345 g/mol. The molecule has 2 atom stereocenters. The number of benzene rings is 1.